The Morgan fingerprint density at radius 3 is 2.55 bits per heavy atom. The monoisotopic (exact) mass is 414 g/mol. The first-order valence-corrected chi connectivity index (χ1v) is 10.1. The highest BCUT2D eigenvalue weighted by atomic mass is 32.1. The van der Waals surface area contributed by atoms with E-state index in [-0.39, 0.29) is 11.7 Å². The summed E-state index contributed by atoms with van der Waals surface area (Å²) in [7, 11) is 1.59. The molecule has 29 heavy (non-hydrogen) atoms. The second-order valence-electron chi connectivity index (χ2n) is 6.44. The third-order valence-corrected chi connectivity index (χ3v) is 5.18. The lowest BCUT2D eigenvalue weighted by atomic mass is 10.2. The van der Waals surface area contributed by atoms with Crippen LogP contribution in [0.2, 0.25) is 0 Å². The van der Waals surface area contributed by atoms with Gasteiger partial charge in [-0.05, 0) is 36.8 Å². The number of hydrogen-bond donors (Lipinski definition) is 0. The van der Waals surface area contributed by atoms with Crippen LogP contribution in [0.15, 0.2) is 60.0 Å². The van der Waals surface area contributed by atoms with Crippen molar-refractivity contribution in [1.29, 1.82) is 0 Å². The zero-order valence-corrected chi connectivity index (χ0v) is 17.2. The van der Waals surface area contributed by atoms with Crippen molar-refractivity contribution in [2.24, 2.45) is 0 Å². The smallest absolute Gasteiger partial charge is 0.257 e. The minimum absolute atomic E-state index is 0.176. The van der Waals surface area contributed by atoms with Gasteiger partial charge in [0, 0.05) is 18.1 Å². The number of thiazole rings is 1. The molecular formula is C22H23FN2O3S. The van der Waals surface area contributed by atoms with E-state index < -0.39 is 6.10 Å². The summed E-state index contributed by atoms with van der Waals surface area (Å²) >= 11 is 1.37. The number of hydrogen-bond acceptors (Lipinski definition) is 5. The molecule has 1 amide bonds. The summed E-state index contributed by atoms with van der Waals surface area (Å²) in [6.07, 6.45) is -0.632. The average Bonchev–Trinajstić information content (AvgIpc) is 3.23. The molecule has 5 nitrogen and oxygen atoms in total. The number of methoxy groups -OCH3 is 1. The highest BCUT2D eigenvalue weighted by Crippen LogP contribution is 2.29. The van der Waals surface area contributed by atoms with Crippen LogP contribution in [0.25, 0.3) is 11.3 Å². The molecule has 0 N–H and O–H groups in total. The minimum atomic E-state index is -0.632. The fourth-order valence-corrected chi connectivity index (χ4v) is 3.58. The van der Waals surface area contributed by atoms with Crippen molar-refractivity contribution in [3.8, 4) is 11.3 Å². The number of amides is 1. The maximum atomic E-state index is 13.2. The van der Waals surface area contributed by atoms with Crippen LogP contribution in [0.4, 0.5) is 9.52 Å². The molecule has 3 rings (SSSR count). The Bertz CT molecular complexity index is 915. The van der Waals surface area contributed by atoms with E-state index in [0.29, 0.717) is 30.6 Å². The van der Waals surface area contributed by atoms with E-state index in [1.54, 1.807) is 31.1 Å². The summed E-state index contributed by atoms with van der Waals surface area (Å²) in [5, 5.41) is 2.44. The van der Waals surface area contributed by atoms with Gasteiger partial charge >= 0.3 is 0 Å². The summed E-state index contributed by atoms with van der Waals surface area (Å²) in [4.78, 5) is 19.4. The van der Waals surface area contributed by atoms with Crippen LogP contribution < -0.4 is 4.90 Å². The predicted octanol–water partition coefficient (Wildman–Crippen LogP) is 4.53. The lowest BCUT2D eigenvalue weighted by Crippen LogP contribution is -2.39. The maximum absolute atomic E-state index is 13.2. The van der Waals surface area contributed by atoms with E-state index in [1.165, 1.54) is 23.5 Å². The van der Waals surface area contributed by atoms with Gasteiger partial charge in [0.1, 0.15) is 11.9 Å². The molecule has 0 spiro atoms. The van der Waals surface area contributed by atoms with Gasteiger partial charge in [0.25, 0.3) is 5.91 Å². The van der Waals surface area contributed by atoms with Gasteiger partial charge in [0.15, 0.2) is 5.13 Å². The zero-order chi connectivity index (χ0) is 20.6. The number of aromatic nitrogens is 1. The third kappa shape index (κ3) is 5.69. The fourth-order valence-electron chi connectivity index (χ4n) is 2.75. The van der Waals surface area contributed by atoms with Crippen molar-refractivity contribution in [2.45, 2.75) is 19.6 Å². The van der Waals surface area contributed by atoms with E-state index in [1.807, 2.05) is 35.7 Å². The van der Waals surface area contributed by atoms with Gasteiger partial charge in [-0.3, -0.25) is 9.69 Å². The normalized spacial score (nSPS) is 12.0. The van der Waals surface area contributed by atoms with Crippen molar-refractivity contribution < 1.29 is 18.7 Å². The van der Waals surface area contributed by atoms with Crippen molar-refractivity contribution in [2.75, 3.05) is 25.2 Å². The second-order valence-corrected chi connectivity index (χ2v) is 7.27. The second kappa shape index (κ2) is 10.2. The molecule has 0 bridgehead atoms. The van der Waals surface area contributed by atoms with Gasteiger partial charge < -0.3 is 9.47 Å². The molecule has 0 aliphatic heterocycles. The molecule has 0 saturated carbocycles. The van der Waals surface area contributed by atoms with E-state index in [9.17, 15) is 9.18 Å². The lowest BCUT2D eigenvalue weighted by Gasteiger charge is -2.23. The van der Waals surface area contributed by atoms with Crippen molar-refractivity contribution in [3.63, 3.8) is 0 Å². The van der Waals surface area contributed by atoms with Gasteiger partial charge in [0.05, 0.1) is 25.5 Å². The zero-order valence-electron chi connectivity index (χ0n) is 16.4. The lowest BCUT2D eigenvalue weighted by molar-refractivity contribution is -0.129. The van der Waals surface area contributed by atoms with Crippen LogP contribution in [0.1, 0.15) is 12.5 Å². The molecule has 1 heterocycles. The number of halogens is 1. The molecule has 2 aromatic carbocycles. The van der Waals surface area contributed by atoms with Crippen molar-refractivity contribution in [1.82, 2.24) is 4.98 Å². The van der Waals surface area contributed by atoms with Crippen molar-refractivity contribution in [3.05, 3.63) is 71.4 Å². The van der Waals surface area contributed by atoms with Crippen LogP contribution in [0, 0.1) is 5.82 Å². The molecule has 0 saturated heterocycles. The highest BCUT2D eigenvalue weighted by molar-refractivity contribution is 7.14. The Labute approximate surface area is 173 Å². The van der Waals surface area contributed by atoms with E-state index in [4.69, 9.17) is 9.47 Å². The number of carbonyl (C=O) groups is 1. The number of anilines is 1. The summed E-state index contributed by atoms with van der Waals surface area (Å²) in [6, 6.07) is 15.9. The molecule has 3 aromatic rings. The van der Waals surface area contributed by atoms with Crippen LogP contribution in [-0.2, 0) is 20.8 Å². The van der Waals surface area contributed by atoms with Gasteiger partial charge in [-0.2, -0.15) is 0 Å². The molecule has 1 unspecified atom stereocenters. The molecule has 152 valence electrons. The first kappa shape index (κ1) is 21.1. The molecular weight excluding hydrogens is 391 g/mol. The Morgan fingerprint density at radius 1 is 1.14 bits per heavy atom. The molecule has 1 atom stereocenters. The Morgan fingerprint density at radius 2 is 1.86 bits per heavy atom. The molecule has 0 radical (unpaired) electrons. The van der Waals surface area contributed by atoms with Crippen LogP contribution >= 0.6 is 11.3 Å². The Balaban J connectivity index is 1.84. The van der Waals surface area contributed by atoms with Gasteiger partial charge in [-0.25, -0.2) is 9.37 Å². The largest absolute Gasteiger partial charge is 0.382 e. The first-order chi connectivity index (χ1) is 14.1. The van der Waals surface area contributed by atoms with Crippen molar-refractivity contribution >= 4 is 22.4 Å². The van der Waals surface area contributed by atoms with Gasteiger partial charge in [-0.1, -0.05) is 30.3 Å². The summed E-state index contributed by atoms with van der Waals surface area (Å²) < 4.78 is 23.8. The molecule has 7 heteroatoms. The molecule has 1 aromatic heterocycles. The molecule has 0 aliphatic carbocycles. The standard InChI is InChI=1S/C22H23FN2O3S/c1-16(28-13-12-27-2)21(26)25(14-17-6-4-3-5-7-17)22-24-20(15-29-22)18-8-10-19(23)11-9-18/h3-11,15-16H,12-14H2,1-2H3. The predicted molar refractivity (Wildman–Crippen MR) is 112 cm³/mol. The van der Waals surface area contributed by atoms with Crippen LogP contribution in [-0.4, -0.2) is 37.3 Å². The maximum Gasteiger partial charge on any atom is 0.257 e. The topological polar surface area (TPSA) is 51.7 Å². The third-order valence-electron chi connectivity index (χ3n) is 4.32. The first-order valence-electron chi connectivity index (χ1n) is 9.26. The number of carbonyl (C=O) groups excluding carboxylic acids is 1. The van der Waals surface area contributed by atoms with Gasteiger partial charge in [0.2, 0.25) is 0 Å². The molecule has 0 fully saturated rings. The highest BCUT2D eigenvalue weighted by Gasteiger charge is 2.25. The number of rotatable bonds is 9. The molecule has 0 aliphatic rings. The quantitative estimate of drug-likeness (QED) is 0.483. The summed E-state index contributed by atoms with van der Waals surface area (Å²) in [5.74, 6) is -0.475. The summed E-state index contributed by atoms with van der Waals surface area (Å²) in [5.41, 5.74) is 2.48. The van der Waals surface area contributed by atoms with Crippen LogP contribution in [0.5, 0.6) is 0 Å². The number of nitrogens with zero attached hydrogens (tertiary/aromatic N) is 2. The number of ether oxygens (including phenoxy) is 2. The average molecular weight is 415 g/mol. The Hall–Kier alpha value is -2.61. The summed E-state index contributed by atoms with van der Waals surface area (Å²) in [6.45, 7) is 2.86. The Kier molecular flexibility index (Phi) is 7.46. The van der Waals surface area contributed by atoms with Crippen LogP contribution in [0.3, 0.4) is 0 Å². The fraction of sp³-hybridized carbons (Fsp3) is 0.273. The number of benzene rings is 2. The van der Waals surface area contributed by atoms with E-state index >= 15 is 0 Å². The minimum Gasteiger partial charge on any atom is -0.382 e. The van der Waals surface area contributed by atoms with E-state index in [2.05, 4.69) is 4.98 Å². The SMILES string of the molecule is COCCOC(C)C(=O)N(Cc1ccccc1)c1nc(-c2ccc(F)cc2)cs1. The van der Waals surface area contributed by atoms with E-state index in [0.717, 1.165) is 11.1 Å². The van der Waals surface area contributed by atoms with Gasteiger partial charge in [-0.15, -0.1) is 11.3 Å².